The summed E-state index contributed by atoms with van der Waals surface area (Å²) in [7, 11) is 1.91. The molecule has 0 aromatic carbocycles. The fourth-order valence-electron chi connectivity index (χ4n) is 1.68. The lowest BCUT2D eigenvalue weighted by molar-refractivity contribution is -0.121. The Balaban J connectivity index is 1.49. The summed E-state index contributed by atoms with van der Waals surface area (Å²) in [5, 5.41) is 10.5. The van der Waals surface area contributed by atoms with Gasteiger partial charge in [-0.3, -0.25) is 9.48 Å². The molecule has 0 saturated heterocycles. The van der Waals surface area contributed by atoms with Gasteiger partial charge in [-0.25, -0.2) is 0 Å². The van der Waals surface area contributed by atoms with Gasteiger partial charge in [-0.05, 0) is 31.9 Å². The third kappa shape index (κ3) is 4.56. The number of rotatable bonds is 7. The van der Waals surface area contributed by atoms with Crippen LogP contribution in [0.2, 0.25) is 0 Å². The zero-order chi connectivity index (χ0) is 12.1. The van der Waals surface area contributed by atoms with Crippen LogP contribution < -0.4 is 10.6 Å². The van der Waals surface area contributed by atoms with Crippen LogP contribution in [0.1, 0.15) is 31.4 Å². The van der Waals surface area contributed by atoms with E-state index in [1.54, 1.807) is 4.68 Å². The Morgan fingerprint density at radius 2 is 2.41 bits per heavy atom. The molecule has 0 atom stereocenters. The number of aromatic nitrogens is 2. The summed E-state index contributed by atoms with van der Waals surface area (Å²) in [4.78, 5) is 11.4. The second-order valence-electron chi connectivity index (χ2n) is 4.60. The average molecular weight is 236 g/mol. The molecular weight excluding hydrogens is 216 g/mol. The van der Waals surface area contributed by atoms with Gasteiger partial charge >= 0.3 is 0 Å². The predicted molar refractivity (Wildman–Crippen MR) is 65.3 cm³/mol. The van der Waals surface area contributed by atoms with Crippen molar-refractivity contribution in [1.29, 1.82) is 0 Å². The molecule has 5 nitrogen and oxygen atoms in total. The first-order valence-corrected chi connectivity index (χ1v) is 6.22. The molecule has 1 aromatic rings. The molecule has 0 aliphatic heterocycles. The molecular formula is C12H20N4O. The van der Waals surface area contributed by atoms with Gasteiger partial charge in [-0.2, -0.15) is 5.10 Å². The van der Waals surface area contributed by atoms with Crippen LogP contribution in [0.3, 0.4) is 0 Å². The van der Waals surface area contributed by atoms with Crippen molar-refractivity contribution >= 4 is 5.91 Å². The van der Waals surface area contributed by atoms with E-state index in [0.29, 0.717) is 12.5 Å². The molecule has 1 aliphatic rings. The Kier molecular flexibility index (Phi) is 4.14. The van der Waals surface area contributed by atoms with E-state index < -0.39 is 0 Å². The number of hydrogen-bond donors (Lipinski definition) is 2. The fourth-order valence-corrected chi connectivity index (χ4v) is 1.68. The largest absolute Gasteiger partial charge is 0.353 e. The highest BCUT2D eigenvalue weighted by Crippen LogP contribution is 2.18. The molecule has 0 spiro atoms. The number of amides is 1. The van der Waals surface area contributed by atoms with Crippen LogP contribution in [-0.2, 0) is 18.4 Å². The summed E-state index contributed by atoms with van der Waals surface area (Å²) in [5.74, 6) is 0.187. The molecule has 0 radical (unpaired) electrons. The van der Waals surface area contributed by atoms with E-state index in [-0.39, 0.29) is 5.91 Å². The van der Waals surface area contributed by atoms with Gasteiger partial charge in [-0.15, -0.1) is 0 Å². The summed E-state index contributed by atoms with van der Waals surface area (Å²) in [6, 6.07) is 2.47. The number of nitrogens with one attached hydrogen (secondary N) is 2. The minimum absolute atomic E-state index is 0.187. The molecule has 5 heteroatoms. The van der Waals surface area contributed by atoms with E-state index in [1.807, 2.05) is 19.3 Å². The first-order chi connectivity index (χ1) is 8.24. The molecule has 1 aliphatic carbocycles. The molecule has 1 saturated carbocycles. The molecule has 0 unspecified atom stereocenters. The van der Waals surface area contributed by atoms with Gasteiger partial charge in [0.2, 0.25) is 5.91 Å². The molecule has 2 rings (SSSR count). The van der Waals surface area contributed by atoms with Crippen molar-refractivity contribution in [3.05, 3.63) is 18.0 Å². The van der Waals surface area contributed by atoms with Crippen LogP contribution in [0, 0.1) is 0 Å². The lowest BCUT2D eigenvalue weighted by Crippen LogP contribution is -2.26. The lowest BCUT2D eigenvalue weighted by atomic mass is 10.3. The minimum Gasteiger partial charge on any atom is -0.353 e. The molecule has 1 heterocycles. The van der Waals surface area contributed by atoms with Gasteiger partial charge in [0.25, 0.3) is 0 Å². The number of hydrogen-bond acceptors (Lipinski definition) is 3. The Hall–Kier alpha value is -1.36. The van der Waals surface area contributed by atoms with E-state index in [9.17, 15) is 4.79 Å². The van der Waals surface area contributed by atoms with Crippen LogP contribution in [0.5, 0.6) is 0 Å². The summed E-state index contributed by atoms with van der Waals surface area (Å²) >= 11 is 0. The summed E-state index contributed by atoms with van der Waals surface area (Å²) in [6.07, 6.45) is 5.74. The maximum atomic E-state index is 11.4. The predicted octanol–water partition coefficient (Wildman–Crippen LogP) is 0.568. The monoisotopic (exact) mass is 236 g/mol. The Labute approximate surface area is 102 Å². The highest BCUT2D eigenvalue weighted by molar-refractivity contribution is 5.76. The Morgan fingerprint density at radius 1 is 1.59 bits per heavy atom. The third-order valence-corrected chi connectivity index (χ3v) is 2.77. The highest BCUT2D eigenvalue weighted by Gasteiger charge is 2.22. The summed E-state index contributed by atoms with van der Waals surface area (Å²) in [5.41, 5.74) is 1.04. The fraction of sp³-hybridized carbons (Fsp3) is 0.667. The van der Waals surface area contributed by atoms with Crippen molar-refractivity contribution in [1.82, 2.24) is 20.4 Å². The number of aryl methyl sites for hydroxylation is 1. The van der Waals surface area contributed by atoms with Gasteiger partial charge in [0.15, 0.2) is 0 Å². The SMILES string of the molecule is Cn1ccc(CNCCCC(=O)NC2CC2)n1. The van der Waals surface area contributed by atoms with Crippen LogP contribution in [0.4, 0.5) is 0 Å². The van der Waals surface area contributed by atoms with Gasteiger partial charge < -0.3 is 10.6 Å². The maximum absolute atomic E-state index is 11.4. The normalized spacial score (nSPS) is 14.9. The average Bonchev–Trinajstić information content (AvgIpc) is 3.00. The van der Waals surface area contributed by atoms with Crippen molar-refractivity contribution < 1.29 is 4.79 Å². The van der Waals surface area contributed by atoms with Crippen LogP contribution in [0.25, 0.3) is 0 Å². The molecule has 0 bridgehead atoms. The Bertz CT molecular complexity index is 370. The van der Waals surface area contributed by atoms with Gasteiger partial charge in [0.1, 0.15) is 0 Å². The van der Waals surface area contributed by atoms with Crippen molar-refractivity contribution in [3.8, 4) is 0 Å². The smallest absolute Gasteiger partial charge is 0.220 e. The second kappa shape index (κ2) is 5.82. The van der Waals surface area contributed by atoms with E-state index in [1.165, 1.54) is 0 Å². The standard InChI is InChI=1S/C12H20N4O/c1-16-8-6-11(15-16)9-13-7-2-3-12(17)14-10-4-5-10/h6,8,10,13H,2-5,7,9H2,1H3,(H,14,17). The van der Waals surface area contributed by atoms with E-state index >= 15 is 0 Å². The first-order valence-electron chi connectivity index (χ1n) is 6.22. The summed E-state index contributed by atoms with van der Waals surface area (Å²) in [6.45, 7) is 1.62. The van der Waals surface area contributed by atoms with Crippen molar-refractivity contribution in [3.63, 3.8) is 0 Å². The van der Waals surface area contributed by atoms with Gasteiger partial charge in [-0.1, -0.05) is 0 Å². The first kappa shape index (κ1) is 12.1. The lowest BCUT2D eigenvalue weighted by Gasteiger charge is -2.04. The second-order valence-corrected chi connectivity index (χ2v) is 4.60. The molecule has 1 aromatic heterocycles. The van der Waals surface area contributed by atoms with E-state index in [4.69, 9.17) is 0 Å². The molecule has 17 heavy (non-hydrogen) atoms. The number of carbonyl (C=O) groups excluding carboxylic acids is 1. The minimum atomic E-state index is 0.187. The van der Waals surface area contributed by atoms with Gasteiger partial charge in [0, 0.05) is 32.3 Å². The number of nitrogens with zero attached hydrogens (tertiary/aromatic N) is 2. The molecule has 2 N–H and O–H groups in total. The maximum Gasteiger partial charge on any atom is 0.220 e. The van der Waals surface area contributed by atoms with Crippen LogP contribution in [-0.4, -0.2) is 28.3 Å². The van der Waals surface area contributed by atoms with E-state index in [0.717, 1.165) is 38.0 Å². The zero-order valence-electron chi connectivity index (χ0n) is 10.3. The molecule has 94 valence electrons. The third-order valence-electron chi connectivity index (χ3n) is 2.77. The van der Waals surface area contributed by atoms with Crippen molar-refractivity contribution in [2.24, 2.45) is 7.05 Å². The zero-order valence-corrected chi connectivity index (χ0v) is 10.3. The quantitative estimate of drug-likeness (QED) is 0.680. The highest BCUT2D eigenvalue weighted by atomic mass is 16.1. The Morgan fingerprint density at radius 3 is 3.06 bits per heavy atom. The van der Waals surface area contributed by atoms with Crippen LogP contribution >= 0.6 is 0 Å². The van der Waals surface area contributed by atoms with Crippen LogP contribution in [0.15, 0.2) is 12.3 Å². The number of carbonyl (C=O) groups is 1. The van der Waals surface area contributed by atoms with Gasteiger partial charge in [0.05, 0.1) is 5.69 Å². The molecule has 1 fully saturated rings. The topological polar surface area (TPSA) is 59.0 Å². The van der Waals surface area contributed by atoms with Crippen molar-refractivity contribution in [2.45, 2.75) is 38.3 Å². The molecule has 1 amide bonds. The summed E-state index contributed by atoms with van der Waals surface area (Å²) < 4.78 is 1.79. The van der Waals surface area contributed by atoms with E-state index in [2.05, 4.69) is 15.7 Å². The van der Waals surface area contributed by atoms with Crippen molar-refractivity contribution in [2.75, 3.05) is 6.54 Å².